The molecule has 1 N–H and O–H groups in total. The number of nitrogens with one attached hydrogen (secondary N) is 1. The third-order valence-electron chi connectivity index (χ3n) is 3.99. The van der Waals surface area contributed by atoms with Gasteiger partial charge in [0.25, 0.3) is 0 Å². The second kappa shape index (κ2) is 6.98. The summed E-state index contributed by atoms with van der Waals surface area (Å²) in [6, 6.07) is 1.02. The number of urea groups is 1. The van der Waals surface area contributed by atoms with E-state index >= 15 is 0 Å². The summed E-state index contributed by atoms with van der Waals surface area (Å²) in [5, 5.41) is 2.16. The Hall–Kier alpha value is -1.79. The molecular weight excluding hydrogens is 295 g/mol. The maximum atomic E-state index is 13.2. The van der Waals surface area contributed by atoms with Crippen LogP contribution in [0.4, 0.5) is 18.0 Å². The van der Waals surface area contributed by atoms with Crippen molar-refractivity contribution in [2.24, 2.45) is 5.92 Å². The molecule has 1 aromatic heterocycles. The summed E-state index contributed by atoms with van der Waals surface area (Å²) in [5.74, 6) is -0.518. The average Bonchev–Trinajstić information content (AvgIpc) is 2.98. The minimum Gasteiger partial charge on any atom is -0.326 e. The number of carbonyl (C=O) groups excluding carboxylic acids is 1. The summed E-state index contributed by atoms with van der Waals surface area (Å²) < 4.78 is 39.5. The van der Waals surface area contributed by atoms with Crippen molar-refractivity contribution >= 4 is 6.03 Å². The number of halogens is 3. The Morgan fingerprint density at radius 3 is 2.68 bits per heavy atom. The number of nitrogens with zero attached hydrogens (tertiary/aromatic N) is 2. The molecule has 1 aromatic rings. The molecule has 2 amide bonds. The third kappa shape index (κ3) is 4.35. The highest BCUT2D eigenvalue weighted by Gasteiger charge is 2.46. The number of carbonyl (C=O) groups is 1. The van der Waals surface area contributed by atoms with Gasteiger partial charge in [-0.2, -0.15) is 13.2 Å². The zero-order chi connectivity index (χ0) is 16.2. The standard InChI is InChI=1S/C15H20F3N3O/c1-21(10-11-5-4-8-19-9-11)14(22)20-13(15(16,17)18)12-6-2-3-7-12/h4-5,8-9,12-13H,2-3,6-7,10H2,1H3,(H,20,22)/t13-/m1/s1. The van der Waals surface area contributed by atoms with Crippen LogP contribution < -0.4 is 5.32 Å². The fourth-order valence-electron chi connectivity index (χ4n) is 2.84. The maximum Gasteiger partial charge on any atom is 0.408 e. The van der Waals surface area contributed by atoms with Crippen molar-refractivity contribution in [3.63, 3.8) is 0 Å². The first-order chi connectivity index (χ1) is 10.4. The Morgan fingerprint density at radius 1 is 1.45 bits per heavy atom. The zero-order valence-electron chi connectivity index (χ0n) is 12.4. The van der Waals surface area contributed by atoms with E-state index in [0.29, 0.717) is 12.8 Å². The van der Waals surface area contributed by atoms with Gasteiger partial charge in [-0.15, -0.1) is 0 Å². The van der Waals surface area contributed by atoms with Gasteiger partial charge in [0.05, 0.1) is 0 Å². The number of pyridine rings is 1. The first kappa shape index (κ1) is 16.6. The lowest BCUT2D eigenvalue weighted by atomic mass is 9.98. The van der Waals surface area contributed by atoms with Crippen molar-refractivity contribution in [1.82, 2.24) is 15.2 Å². The largest absolute Gasteiger partial charge is 0.408 e. The van der Waals surface area contributed by atoms with Gasteiger partial charge in [0, 0.05) is 26.0 Å². The molecule has 1 fully saturated rings. The Labute approximate surface area is 127 Å². The van der Waals surface area contributed by atoms with Gasteiger partial charge in [-0.3, -0.25) is 4.98 Å². The molecule has 0 aliphatic heterocycles. The van der Waals surface area contributed by atoms with Gasteiger partial charge in [0.2, 0.25) is 0 Å². The van der Waals surface area contributed by atoms with Gasteiger partial charge in [-0.1, -0.05) is 18.9 Å². The molecule has 0 aromatic carbocycles. The van der Waals surface area contributed by atoms with Crippen molar-refractivity contribution in [2.75, 3.05) is 7.05 Å². The molecule has 2 rings (SSSR count). The third-order valence-corrected chi connectivity index (χ3v) is 3.99. The Kier molecular flexibility index (Phi) is 5.26. The quantitative estimate of drug-likeness (QED) is 0.926. The topological polar surface area (TPSA) is 45.2 Å². The molecule has 0 bridgehead atoms. The molecule has 0 saturated heterocycles. The lowest BCUT2D eigenvalue weighted by molar-refractivity contribution is -0.165. The van der Waals surface area contributed by atoms with Crippen molar-refractivity contribution in [3.05, 3.63) is 30.1 Å². The van der Waals surface area contributed by atoms with E-state index in [9.17, 15) is 18.0 Å². The van der Waals surface area contributed by atoms with Crippen LogP contribution in [0.5, 0.6) is 0 Å². The molecule has 1 atom stereocenters. The van der Waals surface area contributed by atoms with E-state index in [1.165, 1.54) is 11.9 Å². The molecule has 0 unspecified atom stereocenters. The molecule has 7 heteroatoms. The van der Waals surface area contributed by atoms with E-state index in [2.05, 4.69) is 10.3 Å². The molecule has 0 radical (unpaired) electrons. The van der Waals surface area contributed by atoms with Crippen LogP contribution in [0.2, 0.25) is 0 Å². The van der Waals surface area contributed by atoms with Crippen molar-refractivity contribution in [1.29, 1.82) is 0 Å². The minimum absolute atomic E-state index is 0.217. The van der Waals surface area contributed by atoms with Crippen LogP contribution in [0.15, 0.2) is 24.5 Å². The van der Waals surface area contributed by atoms with Gasteiger partial charge in [0.1, 0.15) is 6.04 Å². The molecule has 1 aliphatic rings. The van der Waals surface area contributed by atoms with E-state index in [4.69, 9.17) is 0 Å². The summed E-state index contributed by atoms with van der Waals surface area (Å²) >= 11 is 0. The molecule has 1 aliphatic carbocycles. The molecule has 4 nitrogen and oxygen atoms in total. The van der Waals surface area contributed by atoms with E-state index in [1.54, 1.807) is 24.5 Å². The summed E-state index contributed by atoms with van der Waals surface area (Å²) in [7, 11) is 1.48. The lowest BCUT2D eigenvalue weighted by Gasteiger charge is -2.29. The predicted molar refractivity (Wildman–Crippen MR) is 76.0 cm³/mol. The molecule has 122 valence electrons. The van der Waals surface area contributed by atoms with Crippen LogP contribution in [-0.4, -0.2) is 35.2 Å². The zero-order valence-corrected chi connectivity index (χ0v) is 12.4. The van der Waals surface area contributed by atoms with E-state index < -0.39 is 24.2 Å². The summed E-state index contributed by atoms with van der Waals surface area (Å²) in [5.41, 5.74) is 0.768. The summed E-state index contributed by atoms with van der Waals surface area (Å²) in [6.07, 6.45) is 1.37. The number of amides is 2. The van der Waals surface area contributed by atoms with Gasteiger partial charge in [-0.25, -0.2) is 4.79 Å². The Bertz CT molecular complexity index is 487. The fraction of sp³-hybridized carbons (Fsp3) is 0.600. The Morgan fingerprint density at radius 2 is 2.14 bits per heavy atom. The van der Waals surface area contributed by atoms with E-state index in [-0.39, 0.29) is 6.54 Å². The van der Waals surface area contributed by atoms with Crippen molar-refractivity contribution in [3.8, 4) is 0 Å². The number of hydrogen-bond acceptors (Lipinski definition) is 2. The second-order valence-corrected chi connectivity index (χ2v) is 5.73. The minimum atomic E-state index is -4.42. The highest BCUT2D eigenvalue weighted by atomic mass is 19.4. The molecule has 22 heavy (non-hydrogen) atoms. The number of hydrogen-bond donors (Lipinski definition) is 1. The number of rotatable bonds is 4. The Balaban J connectivity index is 1.98. The normalized spacial score (nSPS) is 17.3. The van der Waals surface area contributed by atoms with Crippen LogP contribution in [0.25, 0.3) is 0 Å². The van der Waals surface area contributed by atoms with Crippen molar-refractivity contribution in [2.45, 2.75) is 44.4 Å². The highest BCUT2D eigenvalue weighted by Crippen LogP contribution is 2.35. The first-order valence-corrected chi connectivity index (χ1v) is 7.35. The van der Waals surface area contributed by atoms with E-state index in [1.807, 2.05) is 0 Å². The predicted octanol–water partition coefficient (Wildman–Crippen LogP) is 3.34. The van der Waals surface area contributed by atoms with Crippen LogP contribution in [0.3, 0.4) is 0 Å². The number of alkyl halides is 3. The first-order valence-electron chi connectivity index (χ1n) is 7.35. The van der Waals surface area contributed by atoms with Gasteiger partial charge < -0.3 is 10.2 Å². The smallest absolute Gasteiger partial charge is 0.326 e. The van der Waals surface area contributed by atoms with Gasteiger partial charge in [0.15, 0.2) is 0 Å². The number of aromatic nitrogens is 1. The van der Waals surface area contributed by atoms with Crippen molar-refractivity contribution < 1.29 is 18.0 Å². The molecule has 0 spiro atoms. The second-order valence-electron chi connectivity index (χ2n) is 5.73. The average molecular weight is 315 g/mol. The summed E-state index contributed by atoms with van der Waals surface area (Å²) in [4.78, 5) is 17.2. The summed E-state index contributed by atoms with van der Waals surface area (Å²) in [6.45, 7) is 0.217. The molecular formula is C15H20F3N3O. The van der Waals surface area contributed by atoms with Crippen LogP contribution in [-0.2, 0) is 6.54 Å². The fourth-order valence-corrected chi connectivity index (χ4v) is 2.84. The molecule has 1 saturated carbocycles. The van der Waals surface area contributed by atoms with Crippen LogP contribution >= 0.6 is 0 Å². The SMILES string of the molecule is CN(Cc1cccnc1)C(=O)N[C@H](C1CCCC1)C(F)(F)F. The highest BCUT2D eigenvalue weighted by molar-refractivity contribution is 5.74. The lowest BCUT2D eigenvalue weighted by Crippen LogP contribution is -2.52. The van der Waals surface area contributed by atoms with Gasteiger partial charge in [-0.05, 0) is 30.4 Å². The molecule has 1 heterocycles. The maximum absolute atomic E-state index is 13.2. The monoisotopic (exact) mass is 315 g/mol. The van der Waals surface area contributed by atoms with E-state index in [0.717, 1.165) is 18.4 Å². The van der Waals surface area contributed by atoms with Crippen LogP contribution in [0, 0.1) is 5.92 Å². The van der Waals surface area contributed by atoms with Crippen LogP contribution in [0.1, 0.15) is 31.2 Å². The van der Waals surface area contributed by atoms with Gasteiger partial charge >= 0.3 is 12.2 Å².